The molecule has 3 rings (SSSR count). The van der Waals surface area contributed by atoms with Gasteiger partial charge in [0.25, 0.3) is 0 Å². The highest BCUT2D eigenvalue weighted by Gasteiger charge is 2.32. The van der Waals surface area contributed by atoms with Crippen molar-refractivity contribution in [3.8, 4) is 11.3 Å². The van der Waals surface area contributed by atoms with Crippen LogP contribution in [0.3, 0.4) is 0 Å². The Kier molecular flexibility index (Phi) is 5.48. The summed E-state index contributed by atoms with van der Waals surface area (Å²) in [5, 5.41) is 14.7. The Hall–Kier alpha value is -2.21. The van der Waals surface area contributed by atoms with E-state index in [0.29, 0.717) is 18.0 Å². The zero-order chi connectivity index (χ0) is 17.8. The van der Waals surface area contributed by atoms with E-state index in [1.54, 1.807) is 0 Å². The molecule has 132 valence electrons. The van der Waals surface area contributed by atoms with Crippen molar-refractivity contribution >= 4 is 28.3 Å². The van der Waals surface area contributed by atoms with Crippen LogP contribution in [0.25, 0.3) is 11.3 Å². The first-order valence-electron chi connectivity index (χ1n) is 8.67. The molecule has 6 heteroatoms. The number of carboxylic acid groups (broad SMARTS) is 1. The maximum Gasteiger partial charge on any atom is 0.229 e. The lowest BCUT2D eigenvalue weighted by atomic mass is 9.79. The average molecular weight is 357 g/mol. The third-order valence-corrected chi connectivity index (χ3v) is 5.82. The van der Waals surface area contributed by atoms with Gasteiger partial charge >= 0.3 is 0 Å². The molecule has 25 heavy (non-hydrogen) atoms. The third-order valence-electron chi connectivity index (χ3n) is 4.70. The number of aryl methyl sites for hydroxylation is 1. The number of carboxylic acids is 1. The number of aliphatic carboxylic acids is 1. The monoisotopic (exact) mass is 357 g/mol. The Morgan fingerprint density at radius 3 is 2.52 bits per heavy atom. The van der Waals surface area contributed by atoms with Gasteiger partial charge in [-0.15, -0.1) is 11.3 Å². The maximum absolute atomic E-state index is 12.6. The Bertz CT molecular complexity index is 757. The van der Waals surface area contributed by atoms with E-state index in [4.69, 9.17) is 0 Å². The Balaban J connectivity index is 1.80. The molecule has 1 N–H and O–H groups in total. The molecule has 0 spiro atoms. The molecular formula is C19H21N2O3S-. The number of carbonyl (C=O) groups is 2. The van der Waals surface area contributed by atoms with E-state index < -0.39 is 17.8 Å². The molecule has 1 aromatic carbocycles. The summed E-state index contributed by atoms with van der Waals surface area (Å²) in [6.45, 7) is 2.05. The highest BCUT2D eigenvalue weighted by molar-refractivity contribution is 7.16. The normalized spacial score (nSPS) is 20.2. The fourth-order valence-electron chi connectivity index (χ4n) is 3.39. The van der Waals surface area contributed by atoms with Crippen LogP contribution in [0.1, 0.15) is 37.5 Å². The van der Waals surface area contributed by atoms with Gasteiger partial charge in [0.15, 0.2) is 5.13 Å². The van der Waals surface area contributed by atoms with Crippen LogP contribution in [-0.2, 0) is 16.0 Å². The topological polar surface area (TPSA) is 82.1 Å². The van der Waals surface area contributed by atoms with Gasteiger partial charge in [0.1, 0.15) is 0 Å². The Labute approximate surface area is 151 Å². The molecule has 1 fully saturated rings. The number of hydrogen-bond donors (Lipinski definition) is 1. The third kappa shape index (κ3) is 3.90. The predicted octanol–water partition coefficient (Wildman–Crippen LogP) is 2.87. The second kappa shape index (κ2) is 7.78. The minimum atomic E-state index is -1.13. The molecule has 0 radical (unpaired) electrons. The highest BCUT2D eigenvalue weighted by Crippen LogP contribution is 2.34. The molecule has 0 bridgehead atoms. The van der Waals surface area contributed by atoms with Gasteiger partial charge in [-0.3, -0.25) is 4.79 Å². The number of hydrogen-bond acceptors (Lipinski definition) is 5. The number of nitrogens with one attached hydrogen (secondary N) is 1. The van der Waals surface area contributed by atoms with Gasteiger partial charge in [-0.1, -0.05) is 50.1 Å². The first-order valence-corrected chi connectivity index (χ1v) is 9.48. The summed E-state index contributed by atoms with van der Waals surface area (Å²) in [6.07, 6.45) is 3.62. The molecule has 5 nitrogen and oxygen atoms in total. The maximum atomic E-state index is 12.6. The van der Waals surface area contributed by atoms with Crippen molar-refractivity contribution < 1.29 is 14.7 Å². The van der Waals surface area contributed by atoms with E-state index in [1.807, 2.05) is 30.3 Å². The van der Waals surface area contributed by atoms with Crippen LogP contribution in [0.2, 0.25) is 0 Å². The molecule has 1 aliphatic carbocycles. The van der Waals surface area contributed by atoms with Crippen LogP contribution in [-0.4, -0.2) is 16.9 Å². The van der Waals surface area contributed by atoms with Crippen molar-refractivity contribution in [2.45, 2.75) is 39.0 Å². The van der Waals surface area contributed by atoms with Crippen LogP contribution in [0.15, 0.2) is 30.3 Å². The first kappa shape index (κ1) is 17.6. The molecule has 2 atom stereocenters. The van der Waals surface area contributed by atoms with E-state index in [9.17, 15) is 14.7 Å². The van der Waals surface area contributed by atoms with Crippen molar-refractivity contribution in [3.63, 3.8) is 0 Å². The van der Waals surface area contributed by atoms with Crippen LogP contribution in [0.4, 0.5) is 5.13 Å². The van der Waals surface area contributed by atoms with Crippen LogP contribution in [0.5, 0.6) is 0 Å². The van der Waals surface area contributed by atoms with E-state index in [-0.39, 0.29) is 5.91 Å². The molecule has 1 aliphatic rings. The summed E-state index contributed by atoms with van der Waals surface area (Å²) in [4.78, 5) is 29.6. The fourth-order valence-corrected chi connectivity index (χ4v) is 4.32. The van der Waals surface area contributed by atoms with E-state index >= 15 is 0 Å². The number of benzene rings is 1. The minimum Gasteiger partial charge on any atom is -0.550 e. The molecule has 1 amide bonds. The van der Waals surface area contributed by atoms with Crippen molar-refractivity contribution in [1.29, 1.82) is 0 Å². The number of amides is 1. The summed E-state index contributed by atoms with van der Waals surface area (Å²) >= 11 is 1.45. The summed E-state index contributed by atoms with van der Waals surface area (Å²) in [5.41, 5.74) is 1.89. The summed E-state index contributed by atoms with van der Waals surface area (Å²) < 4.78 is 0. The summed E-state index contributed by atoms with van der Waals surface area (Å²) in [6, 6.07) is 9.85. The molecule has 2 unspecified atom stereocenters. The van der Waals surface area contributed by atoms with Gasteiger partial charge in [-0.25, -0.2) is 4.98 Å². The number of carbonyl (C=O) groups excluding carboxylic acids is 2. The lowest BCUT2D eigenvalue weighted by Crippen LogP contribution is -2.42. The van der Waals surface area contributed by atoms with Gasteiger partial charge in [0.2, 0.25) is 5.91 Å². The SMILES string of the molecule is CCc1sc(NC(=O)C2CCCCC2C(=O)[O-])nc1-c1ccccc1. The lowest BCUT2D eigenvalue weighted by molar-refractivity contribution is -0.313. The quantitative estimate of drug-likeness (QED) is 0.892. The number of anilines is 1. The van der Waals surface area contributed by atoms with Gasteiger partial charge in [0.05, 0.1) is 5.69 Å². The second-order valence-corrected chi connectivity index (χ2v) is 7.40. The largest absolute Gasteiger partial charge is 0.550 e. The van der Waals surface area contributed by atoms with Gasteiger partial charge < -0.3 is 15.2 Å². The van der Waals surface area contributed by atoms with Crippen LogP contribution < -0.4 is 10.4 Å². The predicted molar refractivity (Wildman–Crippen MR) is 96.0 cm³/mol. The molecule has 0 aliphatic heterocycles. The zero-order valence-electron chi connectivity index (χ0n) is 14.2. The number of aromatic nitrogens is 1. The molecule has 2 aromatic rings. The van der Waals surface area contributed by atoms with Gasteiger partial charge in [0, 0.05) is 28.2 Å². The molecular weight excluding hydrogens is 336 g/mol. The Morgan fingerprint density at radius 2 is 1.88 bits per heavy atom. The summed E-state index contributed by atoms with van der Waals surface area (Å²) in [5.74, 6) is -2.62. The zero-order valence-corrected chi connectivity index (χ0v) is 15.0. The molecule has 1 aromatic heterocycles. The summed E-state index contributed by atoms with van der Waals surface area (Å²) in [7, 11) is 0. The molecule has 1 saturated carbocycles. The lowest BCUT2D eigenvalue weighted by Gasteiger charge is -2.30. The standard InChI is InChI=1S/C19H22N2O3S/c1-2-15-16(12-8-4-3-5-9-12)20-19(25-15)21-17(22)13-10-6-7-11-14(13)18(23)24/h3-5,8-9,13-14H,2,6-7,10-11H2,1H3,(H,23,24)(H,20,21,22)/p-1. The smallest absolute Gasteiger partial charge is 0.229 e. The van der Waals surface area contributed by atoms with E-state index in [2.05, 4.69) is 17.2 Å². The second-order valence-electron chi connectivity index (χ2n) is 6.32. The van der Waals surface area contributed by atoms with Crippen molar-refractivity contribution in [3.05, 3.63) is 35.2 Å². The van der Waals surface area contributed by atoms with E-state index in [1.165, 1.54) is 11.3 Å². The first-order chi connectivity index (χ1) is 12.1. The minimum absolute atomic E-state index is 0.259. The van der Waals surface area contributed by atoms with Gasteiger partial charge in [-0.2, -0.15) is 0 Å². The van der Waals surface area contributed by atoms with Crippen molar-refractivity contribution in [2.24, 2.45) is 11.8 Å². The Morgan fingerprint density at radius 1 is 1.20 bits per heavy atom. The van der Waals surface area contributed by atoms with Crippen LogP contribution >= 0.6 is 11.3 Å². The van der Waals surface area contributed by atoms with Crippen molar-refractivity contribution in [2.75, 3.05) is 5.32 Å². The average Bonchev–Trinajstić information content (AvgIpc) is 3.05. The van der Waals surface area contributed by atoms with Crippen LogP contribution in [0, 0.1) is 11.8 Å². The van der Waals surface area contributed by atoms with E-state index in [0.717, 1.165) is 35.4 Å². The molecule has 1 heterocycles. The van der Waals surface area contributed by atoms with Crippen molar-refractivity contribution in [1.82, 2.24) is 4.98 Å². The van der Waals surface area contributed by atoms with Gasteiger partial charge in [-0.05, 0) is 19.3 Å². The number of rotatable bonds is 5. The highest BCUT2D eigenvalue weighted by atomic mass is 32.1. The number of nitrogens with zero attached hydrogens (tertiary/aromatic N) is 1. The molecule has 0 saturated heterocycles. The number of thiazole rings is 1. The fraction of sp³-hybridized carbons (Fsp3) is 0.421.